The van der Waals surface area contributed by atoms with Crippen LogP contribution in [0.2, 0.25) is 5.02 Å². The predicted octanol–water partition coefficient (Wildman–Crippen LogP) is 6.46. The van der Waals surface area contributed by atoms with Crippen LogP contribution in [0.4, 0.5) is 0 Å². The number of carboxylic acids is 1. The Morgan fingerprint density at radius 2 is 1.72 bits per heavy atom. The van der Waals surface area contributed by atoms with Crippen molar-refractivity contribution in [2.45, 2.75) is 77.5 Å². The van der Waals surface area contributed by atoms with Crippen molar-refractivity contribution in [3.8, 4) is 34.4 Å². The fraction of sp³-hybridized carbons (Fsp3) is 0.405. The molecule has 0 radical (unpaired) electrons. The van der Waals surface area contributed by atoms with Crippen LogP contribution in [0.25, 0.3) is 11.1 Å². The molecular weight excluding hydrogens is 708 g/mol. The van der Waals surface area contributed by atoms with E-state index in [-0.39, 0.29) is 32.3 Å². The number of carboxylic acid groups (broad SMARTS) is 1. The third-order valence-corrected chi connectivity index (χ3v) is 10.8. The number of aliphatic hydroxyl groups is 2. The van der Waals surface area contributed by atoms with Crippen molar-refractivity contribution in [3.63, 3.8) is 0 Å². The minimum Gasteiger partial charge on any atom is -0.493 e. The Labute approximate surface area is 321 Å². The summed E-state index contributed by atoms with van der Waals surface area (Å²) in [6.07, 6.45) is 3.95. The van der Waals surface area contributed by atoms with E-state index in [1.807, 2.05) is 31.2 Å². The van der Waals surface area contributed by atoms with Crippen LogP contribution >= 0.6 is 11.6 Å². The van der Waals surface area contributed by atoms with E-state index in [9.17, 15) is 25.4 Å². The van der Waals surface area contributed by atoms with Crippen LogP contribution in [0.5, 0.6) is 17.2 Å². The molecule has 0 spiro atoms. The van der Waals surface area contributed by atoms with Gasteiger partial charge >= 0.3 is 5.97 Å². The second-order valence-electron chi connectivity index (χ2n) is 14.2. The van der Waals surface area contributed by atoms with Gasteiger partial charge in [0.1, 0.15) is 42.6 Å². The third-order valence-electron chi connectivity index (χ3n) is 10.5. The van der Waals surface area contributed by atoms with Gasteiger partial charge in [-0.1, -0.05) is 41.9 Å². The van der Waals surface area contributed by atoms with Gasteiger partial charge in [0.2, 0.25) is 0 Å². The number of pyridine rings is 1. The molecule has 2 fully saturated rings. The molecule has 1 unspecified atom stereocenters. The Morgan fingerprint density at radius 3 is 2.46 bits per heavy atom. The van der Waals surface area contributed by atoms with Crippen LogP contribution < -0.4 is 14.2 Å². The number of likely N-dealkylation sites (tertiary alicyclic amines) is 2. The van der Waals surface area contributed by atoms with Crippen molar-refractivity contribution in [1.82, 2.24) is 14.8 Å². The number of β-amino-alcohol motifs (C(OH)–C–C–N with tert-alkyl or cyclic N) is 2. The number of hydrogen-bond donors (Lipinski definition) is 3. The highest BCUT2D eigenvalue weighted by atomic mass is 35.5. The lowest BCUT2D eigenvalue weighted by Gasteiger charge is -2.30. The second kappa shape index (κ2) is 17.6. The number of nitriles is 1. The molecule has 0 amide bonds. The van der Waals surface area contributed by atoms with Gasteiger partial charge in [0, 0.05) is 68.2 Å². The van der Waals surface area contributed by atoms with Crippen molar-refractivity contribution in [1.29, 1.82) is 5.26 Å². The van der Waals surface area contributed by atoms with Gasteiger partial charge in [-0.25, -0.2) is 0 Å². The van der Waals surface area contributed by atoms with E-state index in [0.29, 0.717) is 39.8 Å². The van der Waals surface area contributed by atoms with Gasteiger partial charge < -0.3 is 34.4 Å². The standard InChI is InChI=1S/C42H47ClN4O7/c1-26-31(7-4-8-34(26)35-9-5-10-39(27(35)2)52-14-6-12-46-13-11-32(48)22-46)25-54-41-18-40(53-24-30-15-29(19-44)20-45-21-30)36(17-37(41)43)28(3)47-23-33(49)16-38(47)42(50)51/h4-5,7-10,15,17-18,20-21,28,32-33,38,48-49H,6,11-14,16,22-25H2,1-3H3,(H,50,51)/t28?,32-,33-,38+/m1/s1. The van der Waals surface area contributed by atoms with E-state index in [1.165, 1.54) is 6.20 Å². The van der Waals surface area contributed by atoms with E-state index in [0.717, 1.165) is 66.0 Å². The molecule has 3 aromatic carbocycles. The Hall–Kier alpha value is -4.70. The number of halogens is 1. The number of nitrogens with zero attached hydrogens (tertiary/aromatic N) is 4. The normalized spacial score (nSPS) is 19.4. The minimum atomic E-state index is -1.01. The van der Waals surface area contributed by atoms with Crippen molar-refractivity contribution in [3.05, 3.63) is 105 Å². The first-order valence-corrected chi connectivity index (χ1v) is 18.7. The molecule has 2 aliphatic rings. The first-order valence-electron chi connectivity index (χ1n) is 18.3. The van der Waals surface area contributed by atoms with Gasteiger partial charge in [-0.05, 0) is 79.6 Å². The summed E-state index contributed by atoms with van der Waals surface area (Å²) in [7, 11) is 0. The van der Waals surface area contributed by atoms with Gasteiger partial charge in [-0.15, -0.1) is 0 Å². The fourth-order valence-electron chi connectivity index (χ4n) is 7.42. The zero-order chi connectivity index (χ0) is 38.4. The molecule has 1 aromatic heterocycles. The summed E-state index contributed by atoms with van der Waals surface area (Å²) in [6, 6.07) is 18.1. The lowest BCUT2D eigenvalue weighted by Crippen LogP contribution is -2.38. The lowest BCUT2D eigenvalue weighted by molar-refractivity contribution is -0.143. The number of rotatable bonds is 15. The Morgan fingerprint density at radius 1 is 0.963 bits per heavy atom. The third kappa shape index (κ3) is 9.14. The Kier molecular flexibility index (Phi) is 12.7. The van der Waals surface area contributed by atoms with Crippen molar-refractivity contribution in [2.24, 2.45) is 0 Å². The highest BCUT2D eigenvalue weighted by Crippen LogP contribution is 2.41. The molecule has 0 saturated carbocycles. The molecule has 3 heterocycles. The first kappa shape index (κ1) is 39.0. The van der Waals surface area contributed by atoms with Crippen molar-refractivity contribution < 1.29 is 34.3 Å². The second-order valence-corrected chi connectivity index (χ2v) is 14.6. The van der Waals surface area contributed by atoms with E-state index >= 15 is 0 Å². The summed E-state index contributed by atoms with van der Waals surface area (Å²) in [4.78, 5) is 20.2. The molecule has 54 heavy (non-hydrogen) atoms. The monoisotopic (exact) mass is 754 g/mol. The van der Waals surface area contributed by atoms with Crippen molar-refractivity contribution >= 4 is 17.6 Å². The van der Waals surface area contributed by atoms with Gasteiger partial charge in [0.15, 0.2) is 0 Å². The smallest absolute Gasteiger partial charge is 0.321 e. The number of benzene rings is 3. The van der Waals surface area contributed by atoms with Gasteiger partial charge in [-0.3, -0.25) is 14.7 Å². The average molecular weight is 755 g/mol. The molecule has 2 aliphatic heterocycles. The zero-order valence-electron chi connectivity index (χ0n) is 30.9. The molecular formula is C42H47ClN4O7. The average Bonchev–Trinajstić information content (AvgIpc) is 3.78. The van der Waals surface area contributed by atoms with E-state index in [1.54, 1.807) is 29.3 Å². The number of carbonyl (C=O) groups is 1. The molecule has 11 nitrogen and oxygen atoms in total. The Balaban J connectivity index is 1.20. The van der Waals surface area contributed by atoms with Gasteiger partial charge in [-0.2, -0.15) is 5.26 Å². The van der Waals surface area contributed by atoms with Crippen LogP contribution in [0, 0.1) is 25.2 Å². The van der Waals surface area contributed by atoms with Crippen molar-refractivity contribution in [2.75, 3.05) is 32.8 Å². The molecule has 12 heteroatoms. The Bertz CT molecular complexity index is 2000. The quantitative estimate of drug-likeness (QED) is 0.115. The number of ether oxygens (including phenoxy) is 3. The molecule has 284 valence electrons. The summed E-state index contributed by atoms with van der Waals surface area (Å²) in [6.45, 7) is 9.67. The topological polar surface area (TPSA) is 149 Å². The summed E-state index contributed by atoms with van der Waals surface area (Å²) in [5.74, 6) is 0.665. The first-order chi connectivity index (χ1) is 26.0. The molecule has 0 aliphatic carbocycles. The minimum absolute atomic E-state index is 0.0974. The van der Waals surface area contributed by atoms with Crippen LogP contribution in [0.3, 0.4) is 0 Å². The molecule has 4 aromatic rings. The molecule has 0 bridgehead atoms. The zero-order valence-corrected chi connectivity index (χ0v) is 31.6. The molecule has 6 rings (SSSR count). The summed E-state index contributed by atoms with van der Waals surface area (Å²) in [5, 5.41) is 39.7. The highest BCUT2D eigenvalue weighted by Gasteiger charge is 2.40. The highest BCUT2D eigenvalue weighted by molar-refractivity contribution is 6.32. The number of aliphatic carboxylic acids is 1. The van der Waals surface area contributed by atoms with Crippen LogP contribution in [-0.2, 0) is 18.0 Å². The molecule has 4 atom stereocenters. The van der Waals surface area contributed by atoms with E-state index < -0.39 is 24.2 Å². The number of hydrogen-bond acceptors (Lipinski definition) is 10. The summed E-state index contributed by atoms with van der Waals surface area (Å²) in [5.41, 5.74) is 6.95. The molecule has 2 saturated heterocycles. The maximum Gasteiger partial charge on any atom is 0.321 e. The van der Waals surface area contributed by atoms with E-state index in [4.69, 9.17) is 25.8 Å². The maximum absolute atomic E-state index is 12.1. The fourth-order valence-corrected chi connectivity index (χ4v) is 7.65. The largest absolute Gasteiger partial charge is 0.493 e. The maximum atomic E-state index is 12.1. The van der Waals surface area contributed by atoms with Gasteiger partial charge in [0.05, 0.1) is 29.4 Å². The predicted molar refractivity (Wildman–Crippen MR) is 205 cm³/mol. The summed E-state index contributed by atoms with van der Waals surface area (Å²) >= 11 is 6.86. The molecule has 3 N–H and O–H groups in total. The van der Waals surface area contributed by atoms with Crippen LogP contribution in [-0.4, -0.2) is 87.1 Å². The van der Waals surface area contributed by atoms with Gasteiger partial charge in [0.25, 0.3) is 0 Å². The lowest BCUT2D eigenvalue weighted by atomic mass is 9.93. The number of aliphatic hydroxyl groups excluding tert-OH is 2. The summed E-state index contributed by atoms with van der Waals surface area (Å²) < 4.78 is 18.9. The van der Waals surface area contributed by atoms with Crippen LogP contribution in [0.1, 0.15) is 65.6 Å². The van der Waals surface area contributed by atoms with Crippen LogP contribution in [0.15, 0.2) is 67.0 Å². The van der Waals surface area contributed by atoms with E-state index in [2.05, 4.69) is 41.9 Å². The SMILES string of the molecule is Cc1c(COc2cc(OCc3cncc(C#N)c3)c(C(C)N3C[C@H](O)C[C@H]3C(=O)O)cc2Cl)cccc1-c1cccc(OCCCN2CC[C@@H](O)C2)c1C. The number of aromatic nitrogens is 1.